The average molecular weight is 267 g/mol. The molecule has 2 rings (SSSR count). The van der Waals surface area contributed by atoms with Crippen LogP contribution in [0.1, 0.15) is 38.2 Å². The molecule has 0 aliphatic heterocycles. The van der Waals surface area contributed by atoms with Crippen LogP contribution in [0.3, 0.4) is 0 Å². The Bertz CT molecular complexity index is 447. The molecule has 1 fully saturated rings. The van der Waals surface area contributed by atoms with Crippen molar-refractivity contribution in [3.05, 3.63) is 28.8 Å². The zero-order valence-corrected chi connectivity index (χ0v) is 11.3. The molecule has 4 heteroatoms. The molecule has 0 radical (unpaired) electrons. The topological polar surface area (TPSA) is 59.1 Å². The number of hydrogen-bond acceptors (Lipinski definition) is 2. The summed E-state index contributed by atoms with van der Waals surface area (Å²) in [5.41, 5.74) is 6.18. The first-order valence-corrected chi connectivity index (χ1v) is 6.74. The van der Waals surface area contributed by atoms with E-state index in [1.165, 1.54) is 12.8 Å². The predicted octanol–water partition coefficient (Wildman–Crippen LogP) is 3.58. The number of amidine groups is 1. The van der Waals surface area contributed by atoms with Crippen molar-refractivity contribution in [3.8, 4) is 5.75 Å². The third kappa shape index (κ3) is 3.16. The second-order valence-corrected chi connectivity index (χ2v) is 5.50. The Morgan fingerprint density at radius 3 is 2.89 bits per heavy atom. The number of benzene rings is 1. The molecule has 1 aliphatic carbocycles. The van der Waals surface area contributed by atoms with Gasteiger partial charge in [-0.25, -0.2) is 0 Å². The summed E-state index contributed by atoms with van der Waals surface area (Å²) in [5, 5.41) is 8.17. The highest BCUT2D eigenvalue weighted by molar-refractivity contribution is 6.30. The van der Waals surface area contributed by atoms with Crippen molar-refractivity contribution in [2.24, 2.45) is 11.7 Å². The summed E-state index contributed by atoms with van der Waals surface area (Å²) in [5.74, 6) is 1.35. The van der Waals surface area contributed by atoms with Gasteiger partial charge in [-0.15, -0.1) is 0 Å². The fourth-order valence-corrected chi connectivity index (χ4v) is 2.64. The van der Waals surface area contributed by atoms with E-state index in [9.17, 15) is 0 Å². The van der Waals surface area contributed by atoms with E-state index >= 15 is 0 Å². The molecule has 1 aliphatic rings. The van der Waals surface area contributed by atoms with E-state index in [0.29, 0.717) is 22.3 Å². The summed E-state index contributed by atoms with van der Waals surface area (Å²) >= 11 is 5.98. The number of nitrogen functional groups attached to an aromatic ring is 1. The molecule has 2 atom stereocenters. The molecular formula is C14H19ClN2O. The number of rotatable bonds is 3. The third-order valence-corrected chi connectivity index (χ3v) is 3.65. The second kappa shape index (κ2) is 5.61. The van der Waals surface area contributed by atoms with Crippen LogP contribution < -0.4 is 10.5 Å². The summed E-state index contributed by atoms with van der Waals surface area (Å²) in [6.07, 6.45) is 4.81. The summed E-state index contributed by atoms with van der Waals surface area (Å²) in [6.45, 7) is 2.25. The molecule has 3 N–H and O–H groups in total. The minimum absolute atomic E-state index is 0.0190. The van der Waals surface area contributed by atoms with E-state index in [-0.39, 0.29) is 11.9 Å². The molecule has 1 aromatic carbocycles. The Labute approximate surface area is 113 Å². The molecule has 1 aromatic rings. The van der Waals surface area contributed by atoms with Gasteiger partial charge in [-0.3, -0.25) is 5.41 Å². The average Bonchev–Trinajstić information content (AvgIpc) is 2.28. The van der Waals surface area contributed by atoms with Crippen LogP contribution in [0, 0.1) is 11.3 Å². The largest absolute Gasteiger partial charge is 0.490 e. The zero-order valence-electron chi connectivity index (χ0n) is 10.6. The molecular weight excluding hydrogens is 248 g/mol. The van der Waals surface area contributed by atoms with E-state index in [4.69, 9.17) is 27.5 Å². The summed E-state index contributed by atoms with van der Waals surface area (Å²) in [6, 6.07) is 5.22. The van der Waals surface area contributed by atoms with Gasteiger partial charge < -0.3 is 10.5 Å². The fraction of sp³-hybridized carbons (Fsp3) is 0.500. The van der Waals surface area contributed by atoms with Gasteiger partial charge in [0.25, 0.3) is 0 Å². The van der Waals surface area contributed by atoms with Crippen LogP contribution >= 0.6 is 11.6 Å². The lowest BCUT2D eigenvalue weighted by Gasteiger charge is -2.28. The first-order valence-electron chi connectivity index (χ1n) is 6.37. The molecule has 0 aromatic heterocycles. The molecule has 18 heavy (non-hydrogen) atoms. The lowest BCUT2D eigenvalue weighted by atomic mass is 9.88. The van der Waals surface area contributed by atoms with E-state index in [1.54, 1.807) is 18.2 Å². The predicted molar refractivity (Wildman–Crippen MR) is 74.5 cm³/mol. The van der Waals surface area contributed by atoms with Gasteiger partial charge in [-0.2, -0.15) is 0 Å². The van der Waals surface area contributed by atoms with Crippen molar-refractivity contribution in [2.45, 2.75) is 38.7 Å². The van der Waals surface area contributed by atoms with Gasteiger partial charge >= 0.3 is 0 Å². The Morgan fingerprint density at radius 2 is 2.22 bits per heavy atom. The van der Waals surface area contributed by atoms with E-state index in [0.717, 1.165) is 12.8 Å². The van der Waals surface area contributed by atoms with E-state index in [2.05, 4.69) is 6.92 Å². The maximum atomic E-state index is 7.56. The Morgan fingerprint density at radius 1 is 1.44 bits per heavy atom. The SMILES string of the molecule is CC1CCCC(Oc2cc(Cl)ccc2C(=N)N)C1. The van der Waals surface area contributed by atoms with E-state index < -0.39 is 0 Å². The van der Waals surface area contributed by atoms with Gasteiger partial charge in [0.15, 0.2) is 0 Å². The molecule has 0 saturated heterocycles. The Balaban J connectivity index is 2.16. The number of hydrogen-bond donors (Lipinski definition) is 2. The van der Waals surface area contributed by atoms with Gasteiger partial charge in [0.2, 0.25) is 0 Å². The third-order valence-electron chi connectivity index (χ3n) is 3.42. The normalized spacial score (nSPS) is 23.7. The quantitative estimate of drug-likeness (QED) is 0.649. The smallest absolute Gasteiger partial charge is 0.132 e. The minimum Gasteiger partial charge on any atom is -0.490 e. The first-order chi connectivity index (χ1) is 8.56. The van der Waals surface area contributed by atoms with Crippen LogP contribution in [0.15, 0.2) is 18.2 Å². The number of nitrogens with two attached hydrogens (primary N) is 1. The molecule has 1 saturated carbocycles. The van der Waals surface area contributed by atoms with Crippen molar-refractivity contribution >= 4 is 17.4 Å². The van der Waals surface area contributed by atoms with Gasteiger partial charge in [0.1, 0.15) is 11.6 Å². The molecule has 3 nitrogen and oxygen atoms in total. The number of halogens is 1. The highest BCUT2D eigenvalue weighted by atomic mass is 35.5. The maximum Gasteiger partial charge on any atom is 0.132 e. The Kier molecular flexibility index (Phi) is 4.12. The molecule has 98 valence electrons. The van der Waals surface area contributed by atoms with Crippen molar-refractivity contribution in [2.75, 3.05) is 0 Å². The minimum atomic E-state index is 0.0190. The molecule has 0 amide bonds. The molecule has 0 bridgehead atoms. The highest BCUT2D eigenvalue weighted by Crippen LogP contribution is 2.30. The maximum absolute atomic E-state index is 7.56. The zero-order chi connectivity index (χ0) is 13.1. The van der Waals surface area contributed by atoms with Gasteiger partial charge in [-0.1, -0.05) is 24.9 Å². The monoisotopic (exact) mass is 266 g/mol. The fourth-order valence-electron chi connectivity index (χ4n) is 2.48. The van der Waals surface area contributed by atoms with Crippen molar-refractivity contribution in [1.82, 2.24) is 0 Å². The number of ether oxygens (including phenoxy) is 1. The molecule has 0 heterocycles. The summed E-state index contributed by atoms with van der Waals surface area (Å²) in [4.78, 5) is 0. The lowest BCUT2D eigenvalue weighted by Crippen LogP contribution is -2.25. The first kappa shape index (κ1) is 13.2. The lowest BCUT2D eigenvalue weighted by molar-refractivity contribution is 0.129. The summed E-state index contributed by atoms with van der Waals surface area (Å²) in [7, 11) is 0. The van der Waals surface area contributed by atoms with Gasteiger partial charge in [-0.05, 0) is 43.4 Å². The van der Waals surface area contributed by atoms with Gasteiger partial charge in [0.05, 0.1) is 11.7 Å². The van der Waals surface area contributed by atoms with Crippen LogP contribution in [0.25, 0.3) is 0 Å². The standard InChI is InChI=1S/C14H19ClN2O/c1-9-3-2-4-11(7-9)18-13-8-10(15)5-6-12(13)14(16)17/h5-6,8-9,11H,2-4,7H2,1H3,(H3,16,17). The summed E-state index contributed by atoms with van der Waals surface area (Å²) < 4.78 is 5.99. The van der Waals surface area contributed by atoms with Crippen LogP contribution in [-0.4, -0.2) is 11.9 Å². The van der Waals surface area contributed by atoms with Crippen LogP contribution in [0.5, 0.6) is 5.75 Å². The Hall–Kier alpha value is -1.22. The molecule has 0 spiro atoms. The number of nitrogens with one attached hydrogen (secondary N) is 1. The van der Waals surface area contributed by atoms with E-state index in [1.807, 2.05) is 0 Å². The van der Waals surface area contributed by atoms with Crippen molar-refractivity contribution in [1.29, 1.82) is 5.41 Å². The molecule has 2 unspecified atom stereocenters. The van der Waals surface area contributed by atoms with Crippen molar-refractivity contribution in [3.63, 3.8) is 0 Å². The van der Waals surface area contributed by atoms with Crippen molar-refractivity contribution < 1.29 is 4.74 Å². The van der Waals surface area contributed by atoms with Gasteiger partial charge in [0, 0.05) is 5.02 Å². The van der Waals surface area contributed by atoms with Crippen LogP contribution in [-0.2, 0) is 0 Å². The van der Waals surface area contributed by atoms with Crippen LogP contribution in [0.2, 0.25) is 5.02 Å². The highest BCUT2D eigenvalue weighted by Gasteiger charge is 2.21. The second-order valence-electron chi connectivity index (χ2n) is 5.07. The van der Waals surface area contributed by atoms with Crippen LogP contribution in [0.4, 0.5) is 0 Å².